The fourth-order valence-corrected chi connectivity index (χ4v) is 2.10. The summed E-state index contributed by atoms with van der Waals surface area (Å²) in [6.07, 6.45) is 3.22. The molecule has 0 spiro atoms. The molecule has 2 N–H and O–H groups in total. The predicted molar refractivity (Wildman–Crippen MR) is 77.3 cm³/mol. The fourth-order valence-electron chi connectivity index (χ4n) is 2.10. The molecule has 2 amide bonds. The summed E-state index contributed by atoms with van der Waals surface area (Å²) in [6, 6.07) is -0.0364. The molecule has 0 radical (unpaired) electrons. The van der Waals surface area contributed by atoms with Gasteiger partial charge in [0.15, 0.2) is 0 Å². The topological polar surface area (TPSA) is 53.6 Å². The van der Waals surface area contributed by atoms with Gasteiger partial charge in [-0.05, 0) is 31.7 Å². The Morgan fingerprint density at radius 2 is 1.79 bits per heavy atom. The fraction of sp³-hybridized carbons (Fsp3) is 0.929. The number of amides is 2. The van der Waals surface area contributed by atoms with Crippen LogP contribution in [0.15, 0.2) is 0 Å². The highest BCUT2D eigenvalue weighted by molar-refractivity contribution is 5.73. The van der Waals surface area contributed by atoms with Crippen molar-refractivity contribution in [1.29, 1.82) is 0 Å². The third kappa shape index (κ3) is 8.83. The van der Waals surface area contributed by atoms with Crippen LogP contribution in [0.2, 0.25) is 0 Å². The highest BCUT2D eigenvalue weighted by Gasteiger charge is 2.09. The molecule has 0 unspecified atom stereocenters. The Kier molecular flexibility index (Phi) is 8.58. The first-order chi connectivity index (χ1) is 9.18. The molecule has 0 aromatic heterocycles. The second-order valence-electron chi connectivity index (χ2n) is 5.53. The summed E-state index contributed by atoms with van der Waals surface area (Å²) < 4.78 is 5.29. The van der Waals surface area contributed by atoms with Crippen molar-refractivity contribution < 1.29 is 9.53 Å². The minimum absolute atomic E-state index is 0.0364. The molecular formula is C14H29N3O2. The first-order valence-electron chi connectivity index (χ1n) is 7.50. The molecule has 1 aliphatic rings. The second kappa shape index (κ2) is 10.0. The Bertz CT molecular complexity index is 241. The number of carbonyl (C=O) groups excluding carboxylic acids is 1. The van der Waals surface area contributed by atoms with Crippen LogP contribution in [0.5, 0.6) is 0 Å². The Labute approximate surface area is 117 Å². The lowest BCUT2D eigenvalue weighted by Crippen LogP contribution is -2.40. The van der Waals surface area contributed by atoms with Crippen LogP contribution in [0.4, 0.5) is 4.79 Å². The molecule has 0 bridgehead atoms. The van der Waals surface area contributed by atoms with Crippen LogP contribution in [0.25, 0.3) is 0 Å². The highest BCUT2D eigenvalue weighted by atomic mass is 16.5. The molecule has 1 fully saturated rings. The molecule has 5 nitrogen and oxygen atoms in total. The van der Waals surface area contributed by atoms with Gasteiger partial charge in [0, 0.05) is 26.2 Å². The molecule has 0 aromatic carbocycles. The van der Waals surface area contributed by atoms with E-state index >= 15 is 0 Å². The molecule has 19 heavy (non-hydrogen) atoms. The third-order valence-electron chi connectivity index (χ3n) is 3.28. The van der Waals surface area contributed by atoms with E-state index in [1.807, 2.05) is 0 Å². The summed E-state index contributed by atoms with van der Waals surface area (Å²) in [4.78, 5) is 13.9. The molecule has 1 heterocycles. The first-order valence-corrected chi connectivity index (χ1v) is 7.50. The van der Waals surface area contributed by atoms with E-state index in [1.54, 1.807) is 0 Å². The van der Waals surface area contributed by atoms with Gasteiger partial charge in [-0.2, -0.15) is 0 Å². The van der Waals surface area contributed by atoms with Gasteiger partial charge in [0.25, 0.3) is 0 Å². The summed E-state index contributed by atoms with van der Waals surface area (Å²) in [6.45, 7) is 10.7. The van der Waals surface area contributed by atoms with Crippen LogP contribution >= 0.6 is 0 Å². The molecule has 0 atom stereocenters. The molecule has 0 aliphatic carbocycles. The van der Waals surface area contributed by atoms with Crippen molar-refractivity contribution in [2.45, 2.75) is 33.1 Å². The number of nitrogens with zero attached hydrogens (tertiary/aromatic N) is 1. The summed E-state index contributed by atoms with van der Waals surface area (Å²) in [5.74, 6) is 0.707. The number of nitrogens with one attached hydrogen (secondary N) is 2. The molecule has 5 heteroatoms. The number of carbonyl (C=O) groups is 1. The first kappa shape index (κ1) is 16.2. The minimum Gasteiger partial charge on any atom is -0.379 e. The van der Waals surface area contributed by atoms with E-state index in [-0.39, 0.29) is 6.03 Å². The smallest absolute Gasteiger partial charge is 0.314 e. The van der Waals surface area contributed by atoms with Crippen LogP contribution in [-0.2, 0) is 4.74 Å². The zero-order valence-electron chi connectivity index (χ0n) is 12.4. The number of hydrogen-bond acceptors (Lipinski definition) is 3. The standard InChI is InChI=1S/C14H29N3O2/c1-13(2)5-3-6-15-14(18)16-7-4-8-17-9-11-19-12-10-17/h13H,3-12H2,1-2H3,(H2,15,16,18). The van der Waals surface area contributed by atoms with E-state index in [9.17, 15) is 4.79 Å². The van der Waals surface area contributed by atoms with Crippen LogP contribution < -0.4 is 10.6 Å². The van der Waals surface area contributed by atoms with Crippen LogP contribution in [-0.4, -0.2) is 56.9 Å². The van der Waals surface area contributed by atoms with E-state index in [0.717, 1.165) is 65.2 Å². The quantitative estimate of drug-likeness (QED) is 0.657. The van der Waals surface area contributed by atoms with Gasteiger partial charge in [0.2, 0.25) is 0 Å². The van der Waals surface area contributed by atoms with Gasteiger partial charge in [-0.1, -0.05) is 13.8 Å². The lowest BCUT2D eigenvalue weighted by atomic mass is 10.1. The van der Waals surface area contributed by atoms with Crippen molar-refractivity contribution in [2.24, 2.45) is 5.92 Å². The Morgan fingerprint density at radius 1 is 1.16 bits per heavy atom. The normalized spacial score (nSPS) is 16.6. The Balaban J connectivity index is 1.89. The van der Waals surface area contributed by atoms with Crippen molar-refractivity contribution in [2.75, 3.05) is 45.9 Å². The maximum atomic E-state index is 11.5. The van der Waals surface area contributed by atoms with Gasteiger partial charge in [-0.15, -0.1) is 0 Å². The summed E-state index contributed by atoms with van der Waals surface area (Å²) in [5, 5.41) is 5.80. The molecular weight excluding hydrogens is 242 g/mol. The predicted octanol–water partition coefficient (Wildman–Crippen LogP) is 1.44. The summed E-state index contributed by atoms with van der Waals surface area (Å²) >= 11 is 0. The minimum atomic E-state index is -0.0364. The van der Waals surface area contributed by atoms with Gasteiger partial charge in [-0.3, -0.25) is 4.90 Å². The number of morpholine rings is 1. The lowest BCUT2D eigenvalue weighted by Gasteiger charge is -2.26. The van der Waals surface area contributed by atoms with Gasteiger partial charge < -0.3 is 15.4 Å². The number of hydrogen-bond donors (Lipinski definition) is 2. The molecule has 1 rings (SSSR count). The van der Waals surface area contributed by atoms with Crippen molar-refractivity contribution in [1.82, 2.24) is 15.5 Å². The Hall–Kier alpha value is -0.810. The van der Waals surface area contributed by atoms with Crippen molar-refractivity contribution in [3.05, 3.63) is 0 Å². The number of urea groups is 1. The van der Waals surface area contributed by atoms with E-state index in [1.165, 1.54) is 0 Å². The van der Waals surface area contributed by atoms with Crippen LogP contribution in [0.1, 0.15) is 33.1 Å². The van der Waals surface area contributed by atoms with Crippen molar-refractivity contribution in [3.8, 4) is 0 Å². The molecule has 0 saturated carbocycles. The number of ether oxygens (including phenoxy) is 1. The van der Waals surface area contributed by atoms with E-state index in [4.69, 9.17) is 4.74 Å². The van der Waals surface area contributed by atoms with Crippen molar-refractivity contribution in [3.63, 3.8) is 0 Å². The van der Waals surface area contributed by atoms with Crippen LogP contribution in [0, 0.1) is 5.92 Å². The van der Waals surface area contributed by atoms with Gasteiger partial charge in [0.05, 0.1) is 13.2 Å². The van der Waals surface area contributed by atoms with E-state index in [0.29, 0.717) is 5.92 Å². The number of rotatable bonds is 8. The SMILES string of the molecule is CC(C)CCCNC(=O)NCCCN1CCOCC1. The lowest BCUT2D eigenvalue weighted by molar-refractivity contribution is 0.0375. The summed E-state index contributed by atoms with van der Waals surface area (Å²) in [5.41, 5.74) is 0. The second-order valence-corrected chi connectivity index (χ2v) is 5.53. The van der Waals surface area contributed by atoms with Crippen LogP contribution in [0.3, 0.4) is 0 Å². The zero-order valence-corrected chi connectivity index (χ0v) is 12.4. The maximum absolute atomic E-state index is 11.5. The van der Waals surface area contributed by atoms with Gasteiger partial charge >= 0.3 is 6.03 Å². The molecule has 0 aromatic rings. The van der Waals surface area contributed by atoms with Gasteiger partial charge in [-0.25, -0.2) is 4.79 Å². The highest BCUT2D eigenvalue weighted by Crippen LogP contribution is 2.01. The zero-order chi connectivity index (χ0) is 13.9. The largest absolute Gasteiger partial charge is 0.379 e. The summed E-state index contributed by atoms with van der Waals surface area (Å²) in [7, 11) is 0. The molecule has 112 valence electrons. The van der Waals surface area contributed by atoms with Gasteiger partial charge in [0.1, 0.15) is 0 Å². The monoisotopic (exact) mass is 271 g/mol. The molecule has 1 aliphatic heterocycles. The third-order valence-corrected chi connectivity index (χ3v) is 3.28. The van der Waals surface area contributed by atoms with Crippen molar-refractivity contribution >= 4 is 6.03 Å². The van der Waals surface area contributed by atoms with E-state index < -0.39 is 0 Å². The molecule has 1 saturated heterocycles. The van der Waals surface area contributed by atoms with E-state index in [2.05, 4.69) is 29.4 Å². The Morgan fingerprint density at radius 3 is 2.42 bits per heavy atom. The average Bonchev–Trinajstić information content (AvgIpc) is 2.41. The maximum Gasteiger partial charge on any atom is 0.314 e. The average molecular weight is 271 g/mol.